The van der Waals surface area contributed by atoms with E-state index in [4.69, 9.17) is 4.74 Å². The van der Waals surface area contributed by atoms with Crippen LogP contribution < -0.4 is 0 Å². The average molecular weight is 172 g/mol. The molecule has 0 saturated heterocycles. The predicted octanol–water partition coefficient (Wildman–Crippen LogP) is 2.82. The van der Waals surface area contributed by atoms with Crippen LogP contribution in [-0.4, -0.2) is 18.3 Å². The minimum Gasteiger partial charge on any atom is -0.368 e. The summed E-state index contributed by atoms with van der Waals surface area (Å²) in [5.74, 6) is 0.844. The predicted molar refractivity (Wildman–Crippen MR) is 50.9 cm³/mol. The van der Waals surface area contributed by atoms with E-state index in [0.29, 0.717) is 6.10 Å². The monoisotopic (exact) mass is 172 g/mol. The number of hydrogen-bond acceptors (Lipinski definition) is 2. The van der Waals surface area contributed by atoms with Gasteiger partial charge in [0, 0.05) is 0 Å². The van der Waals surface area contributed by atoms with Crippen LogP contribution in [0.25, 0.3) is 0 Å². The lowest BCUT2D eigenvalue weighted by Crippen LogP contribution is -2.17. The first-order chi connectivity index (χ1) is 5.33. The van der Waals surface area contributed by atoms with Crippen molar-refractivity contribution in [2.45, 2.75) is 31.8 Å². The van der Waals surface area contributed by atoms with Gasteiger partial charge in [0.15, 0.2) is 0 Å². The highest BCUT2D eigenvalue weighted by atomic mass is 32.2. The Hall–Kier alpha value is 0.0500. The van der Waals surface area contributed by atoms with Gasteiger partial charge < -0.3 is 4.74 Å². The molecule has 2 heteroatoms. The molecule has 0 aliphatic heterocycles. The molecule has 0 N–H and O–H groups in total. The third-order valence-electron chi connectivity index (χ3n) is 2.06. The fourth-order valence-corrected chi connectivity index (χ4v) is 1.66. The second-order valence-electron chi connectivity index (χ2n) is 3.02. The van der Waals surface area contributed by atoms with Crippen molar-refractivity contribution in [3.05, 3.63) is 12.2 Å². The van der Waals surface area contributed by atoms with Gasteiger partial charge in [0.25, 0.3) is 0 Å². The first-order valence-electron chi connectivity index (χ1n) is 4.10. The molecule has 0 bridgehead atoms. The fourth-order valence-electron chi connectivity index (χ4n) is 1.33. The Balaban J connectivity index is 2.12. The molecule has 11 heavy (non-hydrogen) atoms. The van der Waals surface area contributed by atoms with Crippen molar-refractivity contribution >= 4 is 11.8 Å². The minimum absolute atomic E-state index is 0.507. The zero-order valence-corrected chi connectivity index (χ0v) is 7.95. The maximum absolute atomic E-state index is 5.60. The van der Waals surface area contributed by atoms with Crippen LogP contribution in [0.4, 0.5) is 0 Å². The zero-order valence-electron chi connectivity index (χ0n) is 7.14. The van der Waals surface area contributed by atoms with Crippen molar-refractivity contribution in [2.24, 2.45) is 0 Å². The van der Waals surface area contributed by atoms with Gasteiger partial charge in [-0.1, -0.05) is 12.2 Å². The molecule has 0 heterocycles. The second kappa shape index (κ2) is 4.83. The molecule has 1 aliphatic rings. The lowest BCUT2D eigenvalue weighted by Gasteiger charge is -2.22. The van der Waals surface area contributed by atoms with E-state index in [-0.39, 0.29) is 0 Å². The summed E-state index contributed by atoms with van der Waals surface area (Å²) in [7, 11) is 0. The van der Waals surface area contributed by atoms with E-state index in [0.717, 1.165) is 5.94 Å². The molecule has 0 atom stereocenters. The Labute approximate surface area is 73.2 Å². The normalized spacial score (nSPS) is 20.6. The first-order valence-corrected chi connectivity index (χ1v) is 5.49. The summed E-state index contributed by atoms with van der Waals surface area (Å²) >= 11 is 1.75. The van der Waals surface area contributed by atoms with E-state index >= 15 is 0 Å². The number of rotatable bonds is 3. The number of thioether (sulfide) groups is 1. The van der Waals surface area contributed by atoms with Gasteiger partial charge in [-0.25, -0.2) is 0 Å². The van der Waals surface area contributed by atoms with Gasteiger partial charge in [-0.3, -0.25) is 0 Å². The maximum atomic E-state index is 5.60. The Morgan fingerprint density at radius 2 is 2.18 bits per heavy atom. The van der Waals surface area contributed by atoms with Gasteiger partial charge in [0.2, 0.25) is 0 Å². The molecule has 0 aromatic carbocycles. The van der Waals surface area contributed by atoms with E-state index in [2.05, 4.69) is 12.8 Å². The van der Waals surface area contributed by atoms with Gasteiger partial charge in [-0.15, -0.1) is 11.8 Å². The van der Waals surface area contributed by atoms with Crippen LogP contribution >= 0.6 is 11.8 Å². The van der Waals surface area contributed by atoms with Crippen LogP contribution in [0.5, 0.6) is 0 Å². The molecule has 1 nitrogen and oxygen atoms in total. The standard InChI is InChI=1S/C9H16OS/c1-8-3-5-9(6-4-8)10-7-11-2/h9H,1,3-7H2,2H3. The van der Waals surface area contributed by atoms with Crippen molar-refractivity contribution in [3.8, 4) is 0 Å². The first kappa shape index (κ1) is 9.14. The lowest BCUT2D eigenvalue weighted by atomic mass is 9.94. The molecule has 0 aromatic heterocycles. The van der Waals surface area contributed by atoms with Gasteiger partial charge in [0.05, 0.1) is 12.0 Å². The SMILES string of the molecule is C=C1CCC(OCSC)CC1. The lowest BCUT2D eigenvalue weighted by molar-refractivity contribution is 0.0692. The quantitative estimate of drug-likeness (QED) is 0.478. The van der Waals surface area contributed by atoms with Crippen LogP contribution in [0.3, 0.4) is 0 Å². The Morgan fingerprint density at radius 3 is 2.73 bits per heavy atom. The summed E-state index contributed by atoms with van der Waals surface area (Å²) in [5.41, 5.74) is 1.40. The molecule has 0 aromatic rings. The Morgan fingerprint density at radius 1 is 1.55 bits per heavy atom. The van der Waals surface area contributed by atoms with Crippen molar-refractivity contribution < 1.29 is 4.74 Å². The van der Waals surface area contributed by atoms with Crippen LogP contribution in [-0.2, 0) is 4.74 Å². The van der Waals surface area contributed by atoms with Gasteiger partial charge in [0.1, 0.15) is 0 Å². The molecular formula is C9H16OS. The second-order valence-corrected chi connectivity index (χ2v) is 3.84. The van der Waals surface area contributed by atoms with Crippen LogP contribution in [0.1, 0.15) is 25.7 Å². The smallest absolute Gasteiger partial charge is 0.0921 e. The molecule has 64 valence electrons. The zero-order chi connectivity index (χ0) is 8.10. The van der Waals surface area contributed by atoms with Crippen LogP contribution in [0.15, 0.2) is 12.2 Å². The molecule has 1 fully saturated rings. The minimum atomic E-state index is 0.507. The third kappa shape index (κ3) is 3.30. The summed E-state index contributed by atoms with van der Waals surface area (Å²) in [6.45, 7) is 3.97. The third-order valence-corrected chi connectivity index (χ3v) is 2.43. The largest absolute Gasteiger partial charge is 0.368 e. The average Bonchev–Trinajstić information content (AvgIpc) is 2.04. The van der Waals surface area contributed by atoms with E-state index in [1.165, 1.54) is 31.3 Å². The molecule has 0 unspecified atom stereocenters. The maximum Gasteiger partial charge on any atom is 0.0921 e. The van der Waals surface area contributed by atoms with E-state index in [9.17, 15) is 0 Å². The van der Waals surface area contributed by atoms with Crippen molar-refractivity contribution in [3.63, 3.8) is 0 Å². The highest BCUT2D eigenvalue weighted by molar-refractivity contribution is 7.98. The Kier molecular flexibility index (Phi) is 4.02. The molecule has 1 rings (SSSR count). The van der Waals surface area contributed by atoms with Crippen LogP contribution in [0.2, 0.25) is 0 Å². The van der Waals surface area contributed by atoms with Crippen molar-refractivity contribution in [2.75, 3.05) is 12.2 Å². The molecule has 1 aliphatic carbocycles. The van der Waals surface area contributed by atoms with E-state index < -0.39 is 0 Å². The summed E-state index contributed by atoms with van der Waals surface area (Å²) in [6, 6.07) is 0. The van der Waals surface area contributed by atoms with Gasteiger partial charge >= 0.3 is 0 Å². The topological polar surface area (TPSA) is 9.23 Å². The summed E-state index contributed by atoms with van der Waals surface area (Å²) in [6.07, 6.45) is 7.27. The molecular weight excluding hydrogens is 156 g/mol. The van der Waals surface area contributed by atoms with Crippen LogP contribution in [0, 0.1) is 0 Å². The van der Waals surface area contributed by atoms with Gasteiger partial charge in [-0.2, -0.15) is 0 Å². The summed E-state index contributed by atoms with van der Waals surface area (Å²) in [5, 5.41) is 0. The van der Waals surface area contributed by atoms with E-state index in [1.807, 2.05) is 0 Å². The van der Waals surface area contributed by atoms with Gasteiger partial charge in [-0.05, 0) is 31.9 Å². The highest BCUT2D eigenvalue weighted by Crippen LogP contribution is 2.24. The van der Waals surface area contributed by atoms with Crippen molar-refractivity contribution in [1.29, 1.82) is 0 Å². The van der Waals surface area contributed by atoms with E-state index in [1.54, 1.807) is 11.8 Å². The highest BCUT2D eigenvalue weighted by Gasteiger charge is 2.14. The summed E-state index contributed by atoms with van der Waals surface area (Å²) < 4.78 is 5.60. The van der Waals surface area contributed by atoms with Crippen molar-refractivity contribution in [1.82, 2.24) is 0 Å². The number of ether oxygens (including phenoxy) is 1. The molecule has 0 spiro atoms. The Bertz CT molecular complexity index is 124. The number of hydrogen-bond donors (Lipinski definition) is 0. The molecule has 0 amide bonds. The summed E-state index contributed by atoms with van der Waals surface area (Å²) in [4.78, 5) is 0. The molecule has 1 saturated carbocycles. The molecule has 0 radical (unpaired) electrons. The fraction of sp³-hybridized carbons (Fsp3) is 0.778. The number of allylic oxidation sites excluding steroid dienone is 1.